The molecule has 32 heavy (non-hydrogen) atoms. The van der Waals surface area contributed by atoms with Crippen LogP contribution in [0.4, 0.5) is 20.2 Å². The van der Waals surface area contributed by atoms with Crippen molar-refractivity contribution < 1.29 is 23.1 Å². The first-order valence-electron chi connectivity index (χ1n) is 9.85. The minimum absolute atomic E-state index is 0.0238. The molecule has 3 rings (SSSR count). The number of thioether (sulfide) groups is 1. The zero-order chi connectivity index (χ0) is 23.5. The summed E-state index contributed by atoms with van der Waals surface area (Å²) in [4.78, 5) is 31.6. The number of benzene rings is 2. The van der Waals surface area contributed by atoms with E-state index in [1.54, 1.807) is 4.90 Å². The average Bonchev–Trinajstić information content (AvgIpc) is 2.71. The second kappa shape index (κ2) is 9.87. The molecule has 0 bridgehead atoms. The number of carbonyl (C=O) groups excluding carboxylic acids is 2. The quantitative estimate of drug-likeness (QED) is 0.557. The van der Waals surface area contributed by atoms with Crippen molar-refractivity contribution in [3.8, 4) is 5.75 Å². The third-order valence-electron chi connectivity index (χ3n) is 4.82. The molecule has 0 radical (unpaired) electrons. The SMILES string of the molecule is CCN1C(=O)C[C@@H](C(=O)Nc2ccc(OC(F)(F)Cl)cc2)SC1=Nc1ccc(C)c(C)c1. The summed E-state index contributed by atoms with van der Waals surface area (Å²) in [6.45, 7) is 6.28. The summed E-state index contributed by atoms with van der Waals surface area (Å²) in [5.41, 5.74) is -0.526. The van der Waals surface area contributed by atoms with Gasteiger partial charge in [0.25, 0.3) is 0 Å². The largest absolute Gasteiger partial charge is 0.487 e. The first-order valence-corrected chi connectivity index (χ1v) is 11.1. The Labute approximate surface area is 194 Å². The molecule has 6 nitrogen and oxygen atoms in total. The summed E-state index contributed by atoms with van der Waals surface area (Å²) >= 11 is 5.96. The van der Waals surface area contributed by atoms with E-state index >= 15 is 0 Å². The Morgan fingerprint density at radius 2 is 1.94 bits per heavy atom. The molecule has 1 aliphatic rings. The first kappa shape index (κ1) is 24.0. The lowest BCUT2D eigenvalue weighted by molar-refractivity contribution is -0.129. The average molecular weight is 482 g/mol. The van der Waals surface area contributed by atoms with Crippen molar-refractivity contribution in [1.29, 1.82) is 0 Å². The predicted molar refractivity (Wildman–Crippen MR) is 123 cm³/mol. The van der Waals surface area contributed by atoms with Crippen molar-refractivity contribution in [3.05, 3.63) is 53.6 Å². The lowest BCUT2D eigenvalue weighted by Gasteiger charge is -2.31. The molecular formula is C22H22ClF2N3O3S. The number of aliphatic imine (C=N–C) groups is 1. The zero-order valence-electron chi connectivity index (χ0n) is 17.7. The van der Waals surface area contributed by atoms with E-state index in [1.807, 2.05) is 39.0 Å². The van der Waals surface area contributed by atoms with Crippen LogP contribution in [0.2, 0.25) is 0 Å². The van der Waals surface area contributed by atoms with Crippen molar-refractivity contribution >= 4 is 51.7 Å². The lowest BCUT2D eigenvalue weighted by atomic mass is 10.1. The number of alkyl halides is 3. The van der Waals surface area contributed by atoms with Crippen molar-refractivity contribution in [1.82, 2.24) is 4.90 Å². The summed E-state index contributed by atoms with van der Waals surface area (Å²) in [5.74, 6) is -0.725. The maximum atomic E-state index is 12.8. The fourth-order valence-corrected chi connectivity index (χ4v) is 4.27. The smallest absolute Gasteiger partial charge is 0.420 e. The third kappa shape index (κ3) is 6.20. The molecule has 0 saturated carbocycles. The van der Waals surface area contributed by atoms with Gasteiger partial charge in [-0.1, -0.05) is 17.8 Å². The van der Waals surface area contributed by atoms with Crippen LogP contribution in [0, 0.1) is 13.8 Å². The molecule has 0 aliphatic carbocycles. The predicted octanol–water partition coefficient (Wildman–Crippen LogP) is 5.45. The number of halogens is 3. The molecule has 0 aromatic heterocycles. The minimum atomic E-state index is -3.82. The number of amidine groups is 1. The van der Waals surface area contributed by atoms with Crippen molar-refractivity contribution in [2.45, 2.75) is 38.0 Å². The Balaban J connectivity index is 1.74. The Morgan fingerprint density at radius 3 is 2.53 bits per heavy atom. The van der Waals surface area contributed by atoms with E-state index in [1.165, 1.54) is 36.0 Å². The monoisotopic (exact) mass is 481 g/mol. The number of ether oxygens (including phenoxy) is 1. The zero-order valence-corrected chi connectivity index (χ0v) is 19.3. The summed E-state index contributed by atoms with van der Waals surface area (Å²) in [7, 11) is 0. The fraction of sp³-hybridized carbons (Fsp3) is 0.318. The maximum absolute atomic E-state index is 12.8. The van der Waals surface area contributed by atoms with Gasteiger partial charge in [0, 0.05) is 30.3 Å². The third-order valence-corrected chi connectivity index (χ3v) is 6.08. The molecule has 1 atom stereocenters. The summed E-state index contributed by atoms with van der Waals surface area (Å²) in [6.07, 6.45) is 0.0238. The van der Waals surface area contributed by atoms with Gasteiger partial charge in [0.05, 0.1) is 5.69 Å². The molecule has 1 N–H and O–H groups in total. The van der Waals surface area contributed by atoms with Gasteiger partial charge in [0.15, 0.2) is 5.17 Å². The number of aryl methyl sites for hydroxylation is 2. The van der Waals surface area contributed by atoms with Crippen LogP contribution in [0.3, 0.4) is 0 Å². The molecule has 2 aromatic carbocycles. The topological polar surface area (TPSA) is 71.0 Å². The van der Waals surface area contributed by atoms with Gasteiger partial charge < -0.3 is 10.1 Å². The molecule has 1 fully saturated rings. The Bertz CT molecular complexity index is 1040. The van der Waals surface area contributed by atoms with Crippen LogP contribution in [0.25, 0.3) is 0 Å². The number of hydrogen-bond acceptors (Lipinski definition) is 5. The second-order valence-electron chi connectivity index (χ2n) is 7.17. The van der Waals surface area contributed by atoms with Gasteiger partial charge in [-0.2, -0.15) is 0 Å². The van der Waals surface area contributed by atoms with Gasteiger partial charge in [0.2, 0.25) is 11.8 Å². The van der Waals surface area contributed by atoms with Crippen LogP contribution in [0.5, 0.6) is 5.75 Å². The lowest BCUT2D eigenvalue weighted by Crippen LogP contribution is -2.45. The number of anilines is 1. The number of carbonyl (C=O) groups is 2. The van der Waals surface area contributed by atoms with E-state index in [2.05, 4.69) is 15.0 Å². The Morgan fingerprint density at radius 1 is 1.25 bits per heavy atom. The summed E-state index contributed by atoms with van der Waals surface area (Å²) in [6, 6.07) is 11.1. The van der Waals surface area contributed by atoms with Gasteiger partial charge in [-0.05, 0) is 68.3 Å². The van der Waals surface area contributed by atoms with E-state index in [0.29, 0.717) is 23.1 Å². The molecule has 170 valence electrons. The van der Waals surface area contributed by atoms with Crippen LogP contribution in [0.1, 0.15) is 24.5 Å². The van der Waals surface area contributed by atoms with Crippen molar-refractivity contribution in [2.75, 3.05) is 11.9 Å². The van der Waals surface area contributed by atoms with Crippen molar-refractivity contribution in [3.63, 3.8) is 0 Å². The van der Waals surface area contributed by atoms with Gasteiger partial charge in [-0.3, -0.25) is 14.5 Å². The number of hydrogen-bond donors (Lipinski definition) is 1. The number of nitrogens with zero attached hydrogens (tertiary/aromatic N) is 2. The van der Waals surface area contributed by atoms with E-state index in [9.17, 15) is 18.4 Å². The molecular weight excluding hydrogens is 460 g/mol. The highest BCUT2D eigenvalue weighted by Crippen LogP contribution is 2.31. The number of amides is 2. The van der Waals surface area contributed by atoms with Crippen LogP contribution in [0.15, 0.2) is 47.5 Å². The van der Waals surface area contributed by atoms with Gasteiger partial charge in [-0.25, -0.2) is 4.99 Å². The molecule has 1 aliphatic heterocycles. The normalized spacial score (nSPS) is 18.1. The van der Waals surface area contributed by atoms with Crippen LogP contribution in [-0.2, 0) is 9.59 Å². The highest BCUT2D eigenvalue weighted by atomic mass is 35.5. The number of nitrogens with one attached hydrogen (secondary N) is 1. The highest BCUT2D eigenvalue weighted by molar-refractivity contribution is 8.15. The molecule has 2 amide bonds. The standard InChI is InChI=1S/C22H22ClF2N3O3S/c1-4-28-19(29)12-18(32-21(28)27-16-6-5-13(2)14(3)11-16)20(30)26-15-7-9-17(10-8-15)31-22(23,24)25/h5-11,18H,4,12H2,1-3H3,(H,26,30)/t18-/m0/s1. The van der Waals surface area contributed by atoms with E-state index in [-0.39, 0.29) is 24.0 Å². The summed E-state index contributed by atoms with van der Waals surface area (Å²) < 4.78 is 29.7. The maximum Gasteiger partial charge on any atom is 0.487 e. The molecule has 0 unspecified atom stereocenters. The van der Waals surface area contributed by atoms with Gasteiger partial charge in [-0.15, -0.1) is 8.78 Å². The Kier molecular flexibility index (Phi) is 7.40. The molecule has 1 saturated heterocycles. The first-order chi connectivity index (χ1) is 15.1. The van der Waals surface area contributed by atoms with Crippen molar-refractivity contribution in [2.24, 2.45) is 4.99 Å². The van der Waals surface area contributed by atoms with E-state index in [4.69, 9.17) is 11.6 Å². The van der Waals surface area contributed by atoms with Gasteiger partial charge >= 0.3 is 5.57 Å². The second-order valence-corrected chi connectivity index (χ2v) is 8.78. The van der Waals surface area contributed by atoms with Crippen LogP contribution < -0.4 is 10.1 Å². The molecule has 0 spiro atoms. The van der Waals surface area contributed by atoms with Crippen LogP contribution in [-0.4, -0.2) is 39.2 Å². The highest BCUT2D eigenvalue weighted by Gasteiger charge is 2.35. The Hall–Kier alpha value is -2.65. The molecule has 1 heterocycles. The van der Waals surface area contributed by atoms with E-state index in [0.717, 1.165) is 11.1 Å². The molecule has 10 heteroatoms. The fourth-order valence-electron chi connectivity index (χ4n) is 3.02. The van der Waals surface area contributed by atoms with Gasteiger partial charge in [0.1, 0.15) is 11.0 Å². The molecule has 2 aromatic rings. The van der Waals surface area contributed by atoms with Crippen LogP contribution >= 0.6 is 23.4 Å². The number of rotatable bonds is 6. The summed E-state index contributed by atoms with van der Waals surface area (Å²) in [5, 5.41) is 2.47. The van der Waals surface area contributed by atoms with E-state index < -0.39 is 10.8 Å². The minimum Gasteiger partial charge on any atom is -0.420 e.